The highest BCUT2D eigenvalue weighted by molar-refractivity contribution is 5.76. The van der Waals surface area contributed by atoms with E-state index in [1.54, 1.807) is 6.20 Å². The molecule has 0 radical (unpaired) electrons. The van der Waals surface area contributed by atoms with Crippen molar-refractivity contribution in [2.45, 2.75) is 64.8 Å². The molecule has 1 amide bonds. The van der Waals surface area contributed by atoms with E-state index in [1.807, 2.05) is 26.2 Å². The zero-order valence-electron chi connectivity index (χ0n) is 16.4. The molecule has 27 heavy (non-hydrogen) atoms. The van der Waals surface area contributed by atoms with Crippen molar-refractivity contribution in [2.75, 3.05) is 18.0 Å². The molecule has 1 aliphatic rings. The SMILES string of the molecule is Cc1nc(N2CCCCCCC2)ncc1C(C)NC(=O)CCc1cn[nH]c1. The first-order chi connectivity index (χ1) is 13.1. The summed E-state index contributed by atoms with van der Waals surface area (Å²) in [5.41, 5.74) is 2.95. The molecule has 0 aliphatic carbocycles. The smallest absolute Gasteiger partial charge is 0.225 e. The topological polar surface area (TPSA) is 86.8 Å². The van der Waals surface area contributed by atoms with Crippen molar-refractivity contribution >= 4 is 11.9 Å². The van der Waals surface area contributed by atoms with Gasteiger partial charge >= 0.3 is 0 Å². The van der Waals surface area contributed by atoms with Crippen LogP contribution in [-0.4, -0.2) is 39.2 Å². The molecule has 1 aliphatic heterocycles. The van der Waals surface area contributed by atoms with E-state index in [-0.39, 0.29) is 11.9 Å². The average molecular weight is 371 g/mol. The van der Waals surface area contributed by atoms with Gasteiger partial charge in [-0.3, -0.25) is 9.89 Å². The van der Waals surface area contributed by atoms with E-state index in [0.717, 1.165) is 35.9 Å². The highest BCUT2D eigenvalue weighted by atomic mass is 16.1. The third-order valence-corrected chi connectivity index (χ3v) is 5.18. The number of amides is 1. The molecule has 0 aromatic carbocycles. The molecular weight excluding hydrogens is 340 g/mol. The fourth-order valence-corrected chi connectivity index (χ4v) is 3.55. The quantitative estimate of drug-likeness (QED) is 0.816. The molecule has 1 saturated heterocycles. The standard InChI is InChI=1S/C20H30N6O/c1-15(24-19(27)9-8-17-12-22-23-13-17)18-14-21-20(25-16(18)2)26-10-6-4-3-5-7-11-26/h12-15H,3-11H2,1-2H3,(H,22,23)(H,24,27). The van der Waals surface area contributed by atoms with E-state index in [9.17, 15) is 4.79 Å². The van der Waals surface area contributed by atoms with Gasteiger partial charge in [-0.25, -0.2) is 9.97 Å². The molecule has 146 valence electrons. The molecule has 3 heterocycles. The molecule has 1 unspecified atom stereocenters. The number of aryl methyl sites for hydroxylation is 2. The van der Waals surface area contributed by atoms with Crippen LogP contribution in [0, 0.1) is 6.92 Å². The van der Waals surface area contributed by atoms with Gasteiger partial charge in [-0.2, -0.15) is 5.10 Å². The largest absolute Gasteiger partial charge is 0.349 e. The van der Waals surface area contributed by atoms with Crippen LogP contribution in [0.5, 0.6) is 0 Å². The highest BCUT2D eigenvalue weighted by Gasteiger charge is 2.17. The van der Waals surface area contributed by atoms with Crippen LogP contribution in [0.1, 0.15) is 68.3 Å². The zero-order valence-corrected chi connectivity index (χ0v) is 16.4. The number of anilines is 1. The van der Waals surface area contributed by atoms with Crippen molar-refractivity contribution in [3.05, 3.63) is 35.4 Å². The Balaban J connectivity index is 1.57. The Morgan fingerprint density at radius 2 is 1.96 bits per heavy atom. The van der Waals surface area contributed by atoms with Crippen LogP contribution in [0.2, 0.25) is 0 Å². The summed E-state index contributed by atoms with van der Waals surface area (Å²) in [6.07, 6.45) is 12.9. The van der Waals surface area contributed by atoms with Gasteiger partial charge in [0.05, 0.1) is 12.2 Å². The molecule has 1 fully saturated rings. The predicted molar refractivity (Wildman–Crippen MR) is 106 cm³/mol. The van der Waals surface area contributed by atoms with E-state index in [4.69, 9.17) is 4.98 Å². The summed E-state index contributed by atoms with van der Waals surface area (Å²) in [6, 6.07) is -0.108. The van der Waals surface area contributed by atoms with E-state index in [1.165, 1.54) is 32.1 Å². The summed E-state index contributed by atoms with van der Waals surface area (Å²) < 4.78 is 0. The maximum Gasteiger partial charge on any atom is 0.225 e. The van der Waals surface area contributed by atoms with Crippen LogP contribution >= 0.6 is 0 Å². The van der Waals surface area contributed by atoms with Gasteiger partial charge < -0.3 is 10.2 Å². The monoisotopic (exact) mass is 370 g/mol. The minimum atomic E-state index is -0.108. The number of H-pyrrole nitrogens is 1. The van der Waals surface area contributed by atoms with E-state index >= 15 is 0 Å². The second-order valence-electron chi connectivity index (χ2n) is 7.36. The van der Waals surface area contributed by atoms with Crippen molar-refractivity contribution in [3.8, 4) is 0 Å². The minimum absolute atomic E-state index is 0.0240. The first-order valence-electron chi connectivity index (χ1n) is 9.99. The number of nitrogens with zero attached hydrogens (tertiary/aromatic N) is 4. The Kier molecular flexibility index (Phi) is 6.79. The maximum absolute atomic E-state index is 12.2. The second-order valence-corrected chi connectivity index (χ2v) is 7.36. The third-order valence-electron chi connectivity index (χ3n) is 5.18. The Hall–Kier alpha value is -2.44. The molecule has 2 aromatic heterocycles. The lowest BCUT2D eigenvalue weighted by Crippen LogP contribution is -2.30. The Morgan fingerprint density at radius 1 is 1.22 bits per heavy atom. The normalized spacial score (nSPS) is 16.4. The van der Waals surface area contributed by atoms with Crippen molar-refractivity contribution in [1.82, 2.24) is 25.5 Å². The molecule has 1 atom stereocenters. The number of hydrogen-bond donors (Lipinski definition) is 2. The lowest BCUT2D eigenvalue weighted by atomic mass is 10.1. The summed E-state index contributed by atoms with van der Waals surface area (Å²) >= 11 is 0. The highest BCUT2D eigenvalue weighted by Crippen LogP contribution is 2.20. The Bertz CT molecular complexity index is 722. The molecule has 7 nitrogen and oxygen atoms in total. The molecule has 2 aromatic rings. The molecule has 0 spiro atoms. The lowest BCUT2D eigenvalue weighted by molar-refractivity contribution is -0.121. The second kappa shape index (κ2) is 9.48. The van der Waals surface area contributed by atoms with Crippen LogP contribution in [0.3, 0.4) is 0 Å². The van der Waals surface area contributed by atoms with Gasteiger partial charge in [0.2, 0.25) is 11.9 Å². The fraction of sp³-hybridized carbons (Fsp3) is 0.600. The average Bonchev–Trinajstić information content (AvgIpc) is 3.13. The maximum atomic E-state index is 12.2. The van der Waals surface area contributed by atoms with Gasteiger partial charge in [0.1, 0.15) is 0 Å². The Labute approximate surface area is 161 Å². The van der Waals surface area contributed by atoms with E-state index < -0.39 is 0 Å². The number of hydrogen-bond acceptors (Lipinski definition) is 5. The summed E-state index contributed by atoms with van der Waals surface area (Å²) in [4.78, 5) is 23.9. The number of nitrogens with one attached hydrogen (secondary N) is 2. The van der Waals surface area contributed by atoms with Crippen LogP contribution in [0.25, 0.3) is 0 Å². The number of rotatable bonds is 6. The number of carbonyl (C=O) groups excluding carboxylic acids is 1. The summed E-state index contributed by atoms with van der Waals surface area (Å²) in [5.74, 6) is 0.840. The third kappa shape index (κ3) is 5.52. The van der Waals surface area contributed by atoms with Crippen LogP contribution < -0.4 is 10.2 Å². The van der Waals surface area contributed by atoms with Crippen molar-refractivity contribution in [2.24, 2.45) is 0 Å². The Morgan fingerprint density at radius 3 is 2.63 bits per heavy atom. The van der Waals surface area contributed by atoms with Gasteiger partial charge in [0, 0.05) is 43.2 Å². The molecule has 2 N–H and O–H groups in total. The van der Waals surface area contributed by atoms with Gasteiger partial charge in [0.25, 0.3) is 0 Å². The molecule has 7 heteroatoms. The van der Waals surface area contributed by atoms with Crippen molar-refractivity contribution in [1.29, 1.82) is 0 Å². The van der Waals surface area contributed by atoms with Crippen LogP contribution in [0.4, 0.5) is 5.95 Å². The molecule has 0 saturated carbocycles. The number of aromatic nitrogens is 4. The van der Waals surface area contributed by atoms with Crippen molar-refractivity contribution < 1.29 is 4.79 Å². The van der Waals surface area contributed by atoms with Crippen LogP contribution in [0.15, 0.2) is 18.6 Å². The number of carbonyl (C=O) groups is 1. The summed E-state index contributed by atoms with van der Waals surface area (Å²) in [5, 5.41) is 9.72. The predicted octanol–water partition coefficient (Wildman–Crippen LogP) is 3.09. The van der Waals surface area contributed by atoms with E-state index in [0.29, 0.717) is 12.8 Å². The number of aromatic amines is 1. The first kappa shape index (κ1) is 19.3. The molecular formula is C20H30N6O. The molecule has 3 rings (SSSR count). The first-order valence-corrected chi connectivity index (χ1v) is 9.99. The van der Waals surface area contributed by atoms with Gasteiger partial charge in [-0.1, -0.05) is 19.3 Å². The van der Waals surface area contributed by atoms with E-state index in [2.05, 4.69) is 25.4 Å². The fourth-order valence-electron chi connectivity index (χ4n) is 3.55. The van der Waals surface area contributed by atoms with Gasteiger partial charge in [0.15, 0.2) is 0 Å². The van der Waals surface area contributed by atoms with Gasteiger partial charge in [-0.05, 0) is 38.7 Å². The van der Waals surface area contributed by atoms with Crippen molar-refractivity contribution in [3.63, 3.8) is 0 Å². The minimum Gasteiger partial charge on any atom is -0.349 e. The molecule has 0 bridgehead atoms. The summed E-state index contributed by atoms with van der Waals surface area (Å²) in [6.45, 7) is 6.04. The zero-order chi connectivity index (χ0) is 19.1. The van der Waals surface area contributed by atoms with Crippen LogP contribution in [-0.2, 0) is 11.2 Å². The lowest BCUT2D eigenvalue weighted by Gasteiger charge is -2.25. The summed E-state index contributed by atoms with van der Waals surface area (Å²) in [7, 11) is 0. The van der Waals surface area contributed by atoms with Gasteiger partial charge in [-0.15, -0.1) is 0 Å².